The van der Waals surface area contributed by atoms with E-state index >= 15 is 0 Å². The summed E-state index contributed by atoms with van der Waals surface area (Å²) in [4.78, 5) is 37.4. The fourth-order valence-electron chi connectivity index (χ4n) is 4.62. The minimum Gasteiger partial charge on any atom is -0.510 e. The molecule has 3 aliphatic carbocycles. The van der Waals surface area contributed by atoms with E-state index in [1.807, 2.05) is 0 Å². The lowest BCUT2D eigenvalue weighted by molar-refractivity contribution is -0.156. The predicted molar refractivity (Wildman–Crippen MR) is 93.9 cm³/mol. The monoisotopic (exact) mass is 386 g/mol. The van der Waals surface area contributed by atoms with Crippen molar-refractivity contribution >= 4 is 17.5 Å². The van der Waals surface area contributed by atoms with Crippen molar-refractivity contribution in [1.82, 2.24) is 0 Å². The first-order chi connectivity index (χ1) is 13.1. The highest BCUT2D eigenvalue weighted by Crippen LogP contribution is 2.50. The minimum absolute atomic E-state index is 0.156. The Labute approximate surface area is 158 Å². The van der Waals surface area contributed by atoms with Crippen molar-refractivity contribution in [2.45, 2.75) is 24.2 Å². The number of benzene rings is 1. The fraction of sp³-hybridized carbons (Fsp3) is 0.316. The molecule has 0 saturated heterocycles. The van der Waals surface area contributed by atoms with Crippen LogP contribution >= 0.6 is 0 Å². The van der Waals surface area contributed by atoms with Gasteiger partial charge in [-0.1, -0.05) is 24.3 Å². The summed E-state index contributed by atoms with van der Waals surface area (Å²) < 4.78 is 0. The number of carbonyl (C=O) groups excluding carboxylic acids is 3. The molecule has 1 amide bonds. The van der Waals surface area contributed by atoms with Gasteiger partial charge in [0.1, 0.15) is 17.1 Å². The maximum Gasteiger partial charge on any atom is 0.255 e. The average molecular weight is 386 g/mol. The molecule has 1 aromatic rings. The predicted octanol–water partition coefficient (Wildman–Crippen LogP) is -1.22. The molecule has 0 fully saturated rings. The topological polar surface area (TPSA) is 184 Å². The number of primary amides is 1. The molecule has 146 valence electrons. The zero-order chi connectivity index (χ0) is 20.5. The first-order valence-electron chi connectivity index (χ1n) is 8.62. The molecule has 0 aromatic heterocycles. The number of Topliss-reactive ketones (excluding diaryl/α,β-unsaturated/α-hetero) is 2. The first-order valence-corrected chi connectivity index (χ1v) is 8.62. The Kier molecular flexibility index (Phi) is 3.76. The van der Waals surface area contributed by atoms with Crippen LogP contribution in [-0.4, -0.2) is 55.6 Å². The molecule has 9 nitrogen and oxygen atoms in total. The number of fused-ring (bicyclic) bond motifs is 3. The van der Waals surface area contributed by atoms with Crippen LogP contribution in [0.4, 0.5) is 0 Å². The Morgan fingerprint density at radius 2 is 1.82 bits per heavy atom. The van der Waals surface area contributed by atoms with Crippen LogP contribution in [0.25, 0.3) is 0 Å². The van der Waals surface area contributed by atoms with Crippen LogP contribution in [-0.2, 0) is 16.0 Å². The van der Waals surface area contributed by atoms with Crippen LogP contribution in [0.5, 0.6) is 0 Å². The number of ketones is 2. The zero-order valence-corrected chi connectivity index (χ0v) is 14.5. The van der Waals surface area contributed by atoms with Crippen molar-refractivity contribution in [2.75, 3.05) is 0 Å². The molecule has 28 heavy (non-hydrogen) atoms. The molecule has 8 N–H and O–H groups in total. The van der Waals surface area contributed by atoms with Crippen molar-refractivity contribution in [3.63, 3.8) is 0 Å². The number of aliphatic hydroxyl groups excluding tert-OH is 3. The van der Waals surface area contributed by atoms with Crippen molar-refractivity contribution in [1.29, 1.82) is 0 Å². The molecule has 0 unspecified atom stereocenters. The summed E-state index contributed by atoms with van der Waals surface area (Å²) in [5, 5.41) is 43.0. The van der Waals surface area contributed by atoms with Crippen LogP contribution in [0.15, 0.2) is 46.9 Å². The smallest absolute Gasteiger partial charge is 0.255 e. The first kappa shape index (κ1) is 18.4. The maximum atomic E-state index is 13.0. The molecule has 0 bridgehead atoms. The van der Waals surface area contributed by atoms with Gasteiger partial charge in [-0.25, -0.2) is 0 Å². The van der Waals surface area contributed by atoms with Gasteiger partial charge in [-0.15, -0.1) is 0 Å². The Balaban J connectivity index is 1.98. The van der Waals surface area contributed by atoms with Gasteiger partial charge in [0.25, 0.3) is 5.91 Å². The van der Waals surface area contributed by atoms with Gasteiger partial charge in [-0.05, 0) is 12.0 Å². The third kappa shape index (κ3) is 2.03. The third-order valence-corrected chi connectivity index (χ3v) is 5.97. The van der Waals surface area contributed by atoms with E-state index in [0.29, 0.717) is 5.56 Å². The maximum absolute atomic E-state index is 13.0. The summed E-state index contributed by atoms with van der Waals surface area (Å²) in [5.74, 6) is -7.76. The van der Waals surface area contributed by atoms with E-state index in [1.165, 1.54) is 6.07 Å². The van der Waals surface area contributed by atoms with E-state index in [4.69, 9.17) is 11.5 Å². The van der Waals surface area contributed by atoms with Crippen LogP contribution in [0, 0.1) is 11.8 Å². The van der Waals surface area contributed by atoms with Gasteiger partial charge >= 0.3 is 0 Å². The number of hydrogen-bond donors (Lipinski definition) is 6. The van der Waals surface area contributed by atoms with Gasteiger partial charge in [0.15, 0.2) is 11.4 Å². The van der Waals surface area contributed by atoms with Gasteiger partial charge < -0.3 is 31.9 Å². The molecule has 4 rings (SSSR count). The van der Waals surface area contributed by atoms with E-state index in [2.05, 4.69) is 0 Å². The Morgan fingerprint density at radius 1 is 1.18 bits per heavy atom. The van der Waals surface area contributed by atoms with Crippen LogP contribution < -0.4 is 11.5 Å². The molecule has 0 saturated carbocycles. The van der Waals surface area contributed by atoms with E-state index in [-0.39, 0.29) is 17.6 Å². The summed E-state index contributed by atoms with van der Waals surface area (Å²) in [6.45, 7) is 0. The van der Waals surface area contributed by atoms with Crippen LogP contribution in [0.3, 0.4) is 0 Å². The minimum atomic E-state index is -2.86. The zero-order valence-electron chi connectivity index (χ0n) is 14.5. The van der Waals surface area contributed by atoms with Crippen LogP contribution in [0.1, 0.15) is 15.9 Å². The van der Waals surface area contributed by atoms with Gasteiger partial charge in [0.05, 0.1) is 18.1 Å². The number of hydrogen-bond acceptors (Lipinski definition) is 8. The number of carbonyl (C=O) groups is 3. The summed E-state index contributed by atoms with van der Waals surface area (Å²) in [5.41, 5.74) is 7.80. The highest BCUT2D eigenvalue weighted by atomic mass is 16.4. The van der Waals surface area contributed by atoms with Crippen molar-refractivity contribution < 1.29 is 34.8 Å². The molecule has 0 radical (unpaired) electrons. The Morgan fingerprint density at radius 3 is 2.46 bits per heavy atom. The Hall–Kier alpha value is -3.01. The Bertz CT molecular complexity index is 1010. The summed E-state index contributed by atoms with van der Waals surface area (Å²) in [7, 11) is 0. The molecule has 1 aromatic carbocycles. The molecule has 9 heteroatoms. The summed E-state index contributed by atoms with van der Waals surface area (Å²) in [6, 6.07) is 5.01. The molecule has 0 spiro atoms. The second kappa shape index (κ2) is 5.74. The van der Waals surface area contributed by atoms with Crippen molar-refractivity contribution in [3.05, 3.63) is 58.1 Å². The molecule has 0 heterocycles. The van der Waals surface area contributed by atoms with E-state index in [9.17, 15) is 34.8 Å². The average Bonchev–Trinajstić information content (AvgIpc) is 2.65. The van der Waals surface area contributed by atoms with E-state index in [1.54, 1.807) is 18.2 Å². The van der Waals surface area contributed by atoms with Crippen molar-refractivity contribution in [3.8, 4) is 0 Å². The number of rotatable bonds is 1. The summed E-state index contributed by atoms with van der Waals surface area (Å²) >= 11 is 0. The SMILES string of the molecule is NC(=O)C1=C(O)[C@@H](N)[C@@H]2[C@@H](O)[C@@H]3Cc4ccccc4C(=O)C3=C(O)[C@]2(O)C1=O. The fourth-order valence-corrected chi connectivity index (χ4v) is 4.62. The van der Waals surface area contributed by atoms with E-state index in [0.717, 1.165) is 0 Å². The van der Waals surface area contributed by atoms with Gasteiger partial charge in [-0.3, -0.25) is 14.4 Å². The largest absolute Gasteiger partial charge is 0.510 e. The lowest BCUT2D eigenvalue weighted by atomic mass is 9.57. The molecule has 5 atom stereocenters. The molecular weight excluding hydrogens is 368 g/mol. The van der Waals surface area contributed by atoms with E-state index < -0.39 is 64.1 Å². The molecular formula is C19H18N2O7. The van der Waals surface area contributed by atoms with Crippen molar-refractivity contribution in [2.24, 2.45) is 23.3 Å². The summed E-state index contributed by atoms with van der Waals surface area (Å²) in [6.07, 6.45) is -1.40. The normalized spacial score (nSPS) is 34.7. The third-order valence-electron chi connectivity index (χ3n) is 5.97. The lowest BCUT2D eigenvalue weighted by Gasteiger charge is -2.50. The molecule has 3 aliphatic rings. The highest BCUT2D eigenvalue weighted by molar-refractivity contribution is 6.24. The van der Waals surface area contributed by atoms with Crippen LogP contribution in [0.2, 0.25) is 0 Å². The highest BCUT2D eigenvalue weighted by Gasteiger charge is 2.65. The second-order valence-electron chi connectivity index (χ2n) is 7.32. The van der Waals surface area contributed by atoms with Gasteiger partial charge in [-0.2, -0.15) is 0 Å². The number of nitrogens with two attached hydrogens (primary N) is 2. The van der Waals surface area contributed by atoms with Gasteiger partial charge in [0, 0.05) is 17.1 Å². The quantitative estimate of drug-likeness (QED) is 0.324. The number of amides is 1. The number of aliphatic hydroxyl groups is 4. The molecule has 0 aliphatic heterocycles. The second-order valence-corrected chi connectivity index (χ2v) is 7.32. The van der Waals surface area contributed by atoms with Gasteiger partial charge in [0.2, 0.25) is 5.78 Å². The standard InChI is InChI=1S/C19H18N2O7/c20-12-11-14(23)8-5-6-3-1-2-4-7(6)13(22)9(8)16(25)19(11,28)17(26)10(15(12)24)18(21)27/h1-4,8,11-12,14,23-25,28H,5,20H2,(H2,21,27)/t8-,11-,12+,14+,19+/m1/s1. The lowest BCUT2D eigenvalue weighted by Crippen LogP contribution is -2.67.